The summed E-state index contributed by atoms with van der Waals surface area (Å²) in [5, 5.41) is 0.157. The topological polar surface area (TPSA) is 18.5 Å². The molecule has 1 unspecified atom stereocenters. The first-order valence-corrected chi connectivity index (χ1v) is 16.0. The molecule has 0 bridgehead atoms. The molecular weight excluding hydrogens is 463 g/mol. The van der Waals surface area contributed by atoms with Crippen molar-refractivity contribution in [1.82, 2.24) is 0 Å². The first kappa shape index (κ1) is 25.9. The minimum atomic E-state index is -2.71. The second-order valence-electron chi connectivity index (χ2n) is 8.28. The van der Waals surface area contributed by atoms with E-state index in [0.717, 1.165) is 24.3 Å². The second kappa shape index (κ2) is 13.2. The summed E-state index contributed by atoms with van der Waals surface area (Å²) in [6.07, 6.45) is 6.95. The second-order valence-corrected chi connectivity index (χ2v) is 14.7. The van der Waals surface area contributed by atoms with Crippen LogP contribution in [0.25, 0.3) is 0 Å². The Morgan fingerprint density at radius 3 is 1.61 bits per heavy atom. The van der Waals surface area contributed by atoms with Crippen molar-refractivity contribution in [3.8, 4) is 11.5 Å². The van der Waals surface area contributed by atoms with Crippen LogP contribution >= 0.6 is 17.1 Å². The van der Waals surface area contributed by atoms with Crippen molar-refractivity contribution in [2.45, 2.75) is 64.5 Å². The third-order valence-corrected chi connectivity index (χ3v) is 10.6. The first-order chi connectivity index (χ1) is 16.0. The van der Waals surface area contributed by atoms with Gasteiger partial charge in [0, 0.05) is 5.25 Å². The van der Waals surface area contributed by atoms with Gasteiger partial charge in [-0.3, -0.25) is 0 Å². The van der Waals surface area contributed by atoms with E-state index >= 15 is 0 Å². The molecule has 0 N–H and O–H groups in total. The zero-order valence-corrected chi connectivity index (χ0v) is 22.4. The molecule has 0 saturated carbocycles. The summed E-state index contributed by atoms with van der Waals surface area (Å²) in [6, 6.07) is 27.0. The van der Waals surface area contributed by atoms with Crippen molar-refractivity contribution in [2.75, 3.05) is 0 Å². The van der Waals surface area contributed by atoms with Gasteiger partial charge < -0.3 is 9.05 Å². The number of hydrogen-bond donors (Lipinski definition) is 0. The SMILES string of the molecule is CCCCc1ccc(OP(=S)(Oc2ccc(CCCC)cc2)SC(C)c2ccccc2)cc1. The van der Waals surface area contributed by atoms with E-state index in [1.807, 2.05) is 30.3 Å². The monoisotopic (exact) mass is 498 g/mol. The van der Waals surface area contributed by atoms with Gasteiger partial charge in [-0.25, -0.2) is 0 Å². The highest BCUT2D eigenvalue weighted by molar-refractivity contribution is 8.68. The number of hydrogen-bond acceptors (Lipinski definition) is 4. The predicted octanol–water partition coefficient (Wildman–Crippen LogP) is 9.55. The maximum absolute atomic E-state index is 6.42. The number of aryl methyl sites for hydroxylation is 2. The maximum Gasteiger partial charge on any atom is 0.349 e. The van der Waals surface area contributed by atoms with Crippen LogP contribution in [0.15, 0.2) is 78.9 Å². The van der Waals surface area contributed by atoms with E-state index in [9.17, 15) is 0 Å². The Morgan fingerprint density at radius 2 is 1.18 bits per heavy atom. The van der Waals surface area contributed by atoms with E-state index in [1.54, 1.807) is 11.4 Å². The molecule has 0 aliphatic heterocycles. The van der Waals surface area contributed by atoms with E-state index in [0.29, 0.717) is 0 Å². The molecule has 3 rings (SSSR count). The quantitative estimate of drug-likeness (QED) is 0.218. The number of unbranched alkanes of at least 4 members (excludes halogenated alkanes) is 2. The van der Waals surface area contributed by atoms with Crippen molar-refractivity contribution >= 4 is 28.9 Å². The van der Waals surface area contributed by atoms with Gasteiger partial charge in [0.2, 0.25) is 0 Å². The normalized spacial score (nSPS) is 12.3. The minimum Gasteiger partial charge on any atom is -0.428 e. The molecule has 0 aliphatic rings. The lowest BCUT2D eigenvalue weighted by molar-refractivity contribution is 0.506. The van der Waals surface area contributed by atoms with Crippen LogP contribution in [0, 0.1) is 0 Å². The Kier molecular flexibility index (Phi) is 10.4. The molecule has 0 radical (unpaired) electrons. The number of rotatable bonds is 13. The summed E-state index contributed by atoms with van der Waals surface area (Å²) in [5.41, 5.74) is 1.16. The number of benzene rings is 3. The lowest BCUT2D eigenvalue weighted by Gasteiger charge is -2.26. The molecule has 0 aliphatic carbocycles. The van der Waals surface area contributed by atoms with E-state index in [2.05, 4.69) is 69.3 Å². The Labute approximate surface area is 209 Å². The molecule has 0 saturated heterocycles. The summed E-state index contributed by atoms with van der Waals surface area (Å²) in [4.78, 5) is 0. The smallest absolute Gasteiger partial charge is 0.349 e. The lowest BCUT2D eigenvalue weighted by atomic mass is 10.1. The Bertz CT molecular complexity index is 947. The largest absolute Gasteiger partial charge is 0.428 e. The van der Waals surface area contributed by atoms with Crippen molar-refractivity contribution in [2.24, 2.45) is 0 Å². The Balaban J connectivity index is 1.78. The fourth-order valence-electron chi connectivity index (χ4n) is 3.49. The van der Waals surface area contributed by atoms with Gasteiger partial charge in [-0.15, -0.1) is 0 Å². The van der Waals surface area contributed by atoms with Crippen molar-refractivity contribution in [1.29, 1.82) is 0 Å². The Hall–Kier alpha value is -1.74. The molecule has 5 heteroatoms. The van der Waals surface area contributed by atoms with Crippen LogP contribution in [0.4, 0.5) is 0 Å². The molecule has 0 fully saturated rings. The zero-order chi connectivity index (χ0) is 23.5. The average Bonchev–Trinajstić information content (AvgIpc) is 2.83. The molecule has 0 spiro atoms. The molecule has 0 aromatic heterocycles. The third-order valence-electron chi connectivity index (χ3n) is 5.48. The van der Waals surface area contributed by atoms with Gasteiger partial charge in [0.15, 0.2) is 0 Å². The molecule has 33 heavy (non-hydrogen) atoms. The van der Waals surface area contributed by atoms with Gasteiger partial charge in [-0.05, 0) is 96.8 Å². The lowest BCUT2D eigenvalue weighted by Crippen LogP contribution is -2.01. The molecule has 0 amide bonds. The highest BCUT2D eigenvalue weighted by Crippen LogP contribution is 2.64. The maximum atomic E-state index is 6.42. The van der Waals surface area contributed by atoms with Crippen LogP contribution in [0.2, 0.25) is 0 Å². The van der Waals surface area contributed by atoms with Gasteiger partial charge in [-0.2, -0.15) is 0 Å². The summed E-state index contributed by atoms with van der Waals surface area (Å²) in [5.74, 6) is 1.54. The van der Waals surface area contributed by atoms with Crippen molar-refractivity contribution in [3.05, 3.63) is 95.6 Å². The van der Waals surface area contributed by atoms with Crippen LogP contribution in [0.5, 0.6) is 11.5 Å². The van der Waals surface area contributed by atoms with Gasteiger partial charge >= 0.3 is 5.69 Å². The zero-order valence-electron chi connectivity index (χ0n) is 19.9. The van der Waals surface area contributed by atoms with Crippen LogP contribution < -0.4 is 9.05 Å². The highest BCUT2D eigenvalue weighted by Gasteiger charge is 2.28. The minimum absolute atomic E-state index is 0.157. The van der Waals surface area contributed by atoms with Crippen molar-refractivity contribution < 1.29 is 9.05 Å². The highest BCUT2D eigenvalue weighted by atomic mass is 32.9. The van der Waals surface area contributed by atoms with Crippen LogP contribution in [0.1, 0.15) is 68.4 Å². The molecule has 1 atom stereocenters. The average molecular weight is 499 g/mol. The van der Waals surface area contributed by atoms with Gasteiger partial charge in [-0.1, -0.05) is 81.3 Å². The van der Waals surface area contributed by atoms with Crippen LogP contribution in [-0.4, -0.2) is 0 Å². The molecule has 2 nitrogen and oxygen atoms in total. The summed E-state index contributed by atoms with van der Waals surface area (Å²) in [6.45, 7) is 6.59. The summed E-state index contributed by atoms with van der Waals surface area (Å²) in [7, 11) is 0. The van der Waals surface area contributed by atoms with Crippen LogP contribution in [0.3, 0.4) is 0 Å². The standard InChI is InChI=1S/C28H35O2PS2/c1-4-6-11-24-15-19-27(20-16-24)29-31(32,33-23(3)26-13-9-8-10-14-26)30-28-21-17-25(18-22-28)12-7-5-2/h8-10,13-23H,4-7,11-12H2,1-3H3. The van der Waals surface area contributed by atoms with E-state index in [1.165, 1.54) is 42.4 Å². The molecular formula is C28H35O2PS2. The van der Waals surface area contributed by atoms with Crippen molar-refractivity contribution in [3.63, 3.8) is 0 Å². The fourth-order valence-corrected chi connectivity index (χ4v) is 9.02. The predicted molar refractivity (Wildman–Crippen MR) is 148 cm³/mol. The Morgan fingerprint density at radius 1 is 0.727 bits per heavy atom. The van der Waals surface area contributed by atoms with E-state index in [-0.39, 0.29) is 5.25 Å². The molecule has 176 valence electrons. The summed E-state index contributed by atoms with van der Waals surface area (Å²) >= 11 is 7.68. The molecule has 0 heterocycles. The summed E-state index contributed by atoms with van der Waals surface area (Å²) < 4.78 is 12.8. The molecule has 3 aromatic carbocycles. The van der Waals surface area contributed by atoms with Gasteiger partial charge in [0.1, 0.15) is 11.5 Å². The fraction of sp³-hybridized carbons (Fsp3) is 0.357. The first-order valence-electron chi connectivity index (χ1n) is 11.9. The van der Waals surface area contributed by atoms with Gasteiger partial charge in [0.25, 0.3) is 0 Å². The van der Waals surface area contributed by atoms with Crippen LogP contribution in [-0.2, 0) is 24.6 Å². The van der Waals surface area contributed by atoms with Gasteiger partial charge in [0.05, 0.1) is 0 Å². The van der Waals surface area contributed by atoms with E-state index < -0.39 is 5.69 Å². The van der Waals surface area contributed by atoms with E-state index in [4.69, 9.17) is 20.9 Å². The third kappa shape index (κ3) is 8.52. The molecule has 3 aromatic rings.